The van der Waals surface area contributed by atoms with Crippen LogP contribution in [0.2, 0.25) is 0 Å². The molecule has 0 aliphatic rings. The predicted octanol–water partition coefficient (Wildman–Crippen LogP) is 7.85. The molecule has 0 bridgehead atoms. The molecule has 0 fully saturated rings. The summed E-state index contributed by atoms with van der Waals surface area (Å²) in [7, 11) is 0. The van der Waals surface area contributed by atoms with E-state index in [0.717, 1.165) is 11.2 Å². The van der Waals surface area contributed by atoms with E-state index in [9.17, 15) is 0 Å². The minimum atomic E-state index is 1.01. The van der Waals surface area contributed by atoms with E-state index >= 15 is 0 Å². The zero-order valence-electron chi connectivity index (χ0n) is 17.3. The van der Waals surface area contributed by atoms with E-state index < -0.39 is 0 Å². The molecule has 5 aromatic rings. The van der Waals surface area contributed by atoms with Crippen LogP contribution in [-0.2, 0) is 0 Å². The van der Waals surface area contributed by atoms with Gasteiger partial charge in [-0.15, -0.1) is 0 Å². The molecule has 4 aromatic carbocycles. The minimum absolute atomic E-state index is 1.01. The molecule has 0 aliphatic carbocycles. The maximum atomic E-state index is 5.05. The van der Waals surface area contributed by atoms with Crippen LogP contribution in [-0.4, -0.2) is 4.98 Å². The fourth-order valence-corrected chi connectivity index (χ4v) is 4.16. The third kappa shape index (κ3) is 3.51. The van der Waals surface area contributed by atoms with Crippen molar-refractivity contribution in [2.24, 2.45) is 0 Å². The summed E-state index contributed by atoms with van der Waals surface area (Å²) < 4.78 is 0. The van der Waals surface area contributed by atoms with Gasteiger partial charge in [0.1, 0.15) is 0 Å². The maximum absolute atomic E-state index is 5.05. The molecule has 0 radical (unpaired) electrons. The molecular formula is C29H23N. The lowest BCUT2D eigenvalue weighted by molar-refractivity contribution is 1.34. The Morgan fingerprint density at radius 3 is 1.80 bits per heavy atom. The van der Waals surface area contributed by atoms with Crippen LogP contribution in [0.1, 0.15) is 11.1 Å². The van der Waals surface area contributed by atoms with Gasteiger partial charge in [-0.05, 0) is 66.4 Å². The first-order valence-electron chi connectivity index (χ1n) is 10.3. The van der Waals surface area contributed by atoms with Gasteiger partial charge in [-0.3, -0.25) is 0 Å². The third-order valence-electron chi connectivity index (χ3n) is 5.52. The molecule has 0 amide bonds. The second-order valence-corrected chi connectivity index (χ2v) is 7.90. The van der Waals surface area contributed by atoms with Crippen LogP contribution in [0.5, 0.6) is 0 Å². The highest BCUT2D eigenvalue weighted by Crippen LogP contribution is 2.35. The number of nitrogens with zero attached hydrogens (tertiary/aromatic N) is 1. The number of rotatable bonds is 3. The monoisotopic (exact) mass is 385 g/mol. The van der Waals surface area contributed by atoms with Gasteiger partial charge < -0.3 is 0 Å². The van der Waals surface area contributed by atoms with E-state index in [1.165, 1.54) is 44.3 Å². The van der Waals surface area contributed by atoms with Crippen molar-refractivity contribution in [1.29, 1.82) is 0 Å². The number of fused-ring (bicyclic) bond motifs is 1. The van der Waals surface area contributed by atoms with Gasteiger partial charge in [-0.1, -0.05) is 83.9 Å². The molecule has 1 heteroatoms. The summed E-state index contributed by atoms with van der Waals surface area (Å²) in [6.45, 7) is 4.28. The summed E-state index contributed by atoms with van der Waals surface area (Å²) in [5.41, 5.74) is 10.6. The lowest BCUT2D eigenvalue weighted by Gasteiger charge is -2.13. The molecule has 144 valence electrons. The number of aromatic nitrogens is 1. The van der Waals surface area contributed by atoms with Crippen LogP contribution in [0.15, 0.2) is 103 Å². The lowest BCUT2D eigenvalue weighted by atomic mass is 9.95. The Labute approximate surface area is 177 Å². The van der Waals surface area contributed by atoms with Gasteiger partial charge in [0.05, 0.1) is 11.2 Å². The Hall–Kier alpha value is -3.71. The van der Waals surface area contributed by atoms with Gasteiger partial charge in [0.15, 0.2) is 0 Å². The van der Waals surface area contributed by atoms with Crippen molar-refractivity contribution in [2.45, 2.75) is 13.8 Å². The Bertz CT molecular complexity index is 1320. The quantitative estimate of drug-likeness (QED) is 0.308. The molecule has 5 rings (SSSR count). The topological polar surface area (TPSA) is 12.9 Å². The Kier molecular flexibility index (Phi) is 4.65. The first kappa shape index (κ1) is 18.3. The first-order chi connectivity index (χ1) is 14.7. The number of pyridine rings is 1. The van der Waals surface area contributed by atoms with Gasteiger partial charge >= 0.3 is 0 Å². The third-order valence-corrected chi connectivity index (χ3v) is 5.52. The molecule has 0 saturated heterocycles. The largest absolute Gasteiger partial charge is 0.248 e. The van der Waals surface area contributed by atoms with E-state index in [0.29, 0.717) is 0 Å². The Morgan fingerprint density at radius 2 is 1.13 bits per heavy atom. The van der Waals surface area contributed by atoms with E-state index in [4.69, 9.17) is 4.98 Å². The number of aryl methyl sites for hydroxylation is 2. The highest BCUT2D eigenvalue weighted by atomic mass is 14.7. The van der Waals surface area contributed by atoms with E-state index in [2.05, 4.69) is 117 Å². The fraction of sp³-hybridized carbons (Fsp3) is 0.0690. The summed E-state index contributed by atoms with van der Waals surface area (Å²) in [6, 6.07) is 36.6. The number of hydrogen-bond acceptors (Lipinski definition) is 1. The molecule has 30 heavy (non-hydrogen) atoms. The van der Waals surface area contributed by atoms with Crippen LogP contribution in [0.25, 0.3) is 44.4 Å². The van der Waals surface area contributed by atoms with Gasteiger partial charge in [-0.25, -0.2) is 4.98 Å². The second-order valence-electron chi connectivity index (χ2n) is 7.90. The van der Waals surface area contributed by atoms with Gasteiger partial charge in [0.2, 0.25) is 0 Å². The van der Waals surface area contributed by atoms with Gasteiger partial charge in [-0.2, -0.15) is 0 Å². The highest BCUT2D eigenvalue weighted by Gasteiger charge is 2.11. The first-order valence-corrected chi connectivity index (χ1v) is 10.3. The molecule has 1 heterocycles. The standard InChI is InChI=1S/C29H23N/c1-20-15-21(2)17-25(16-20)29-19-26(23-11-7-4-8-12-23)27-18-24(13-14-28(27)30-29)22-9-5-3-6-10-22/h3-19H,1-2H3. The van der Waals surface area contributed by atoms with Crippen molar-refractivity contribution < 1.29 is 0 Å². The van der Waals surface area contributed by atoms with Crippen LogP contribution >= 0.6 is 0 Å². The summed E-state index contributed by atoms with van der Waals surface area (Å²) in [5, 5.41) is 1.18. The zero-order valence-corrected chi connectivity index (χ0v) is 17.3. The summed E-state index contributed by atoms with van der Waals surface area (Å²) in [4.78, 5) is 5.05. The molecule has 0 atom stereocenters. The molecule has 1 aromatic heterocycles. The van der Waals surface area contributed by atoms with Crippen LogP contribution in [0.4, 0.5) is 0 Å². The molecule has 1 nitrogen and oxygen atoms in total. The lowest BCUT2D eigenvalue weighted by Crippen LogP contribution is -1.92. The minimum Gasteiger partial charge on any atom is -0.248 e. The molecule has 0 aliphatic heterocycles. The molecule has 0 unspecified atom stereocenters. The second kappa shape index (κ2) is 7.61. The molecular weight excluding hydrogens is 362 g/mol. The average molecular weight is 386 g/mol. The van der Waals surface area contributed by atoms with Crippen LogP contribution in [0, 0.1) is 13.8 Å². The Balaban J connectivity index is 1.78. The van der Waals surface area contributed by atoms with Crippen molar-refractivity contribution in [1.82, 2.24) is 4.98 Å². The van der Waals surface area contributed by atoms with Crippen molar-refractivity contribution in [3.05, 3.63) is 114 Å². The number of hydrogen-bond donors (Lipinski definition) is 0. The fourth-order valence-electron chi connectivity index (χ4n) is 4.16. The normalized spacial score (nSPS) is 11.0. The van der Waals surface area contributed by atoms with Crippen molar-refractivity contribution in [2.75, 3.05) is 0 Å². The average Bonchev–Trinajstić information content (AvgIpc) is 2.78. The summed E-state index contributed by atoms with van der Waals surface area (Å²) in [6.07, 6.45) is 0. The van der Waals surface area contributed by atoms with Crippen molar-refractivity contribution in [3.8, 4) is 33.5 Å². The van der Waals surface area contributed by atoms with Crippen molar-refractivity contribution >= 4 is 10.9 Å². The van der Waals surface area contributed by atoms with E-state index in [1.807, 2.05) is 0 Å². The van der Waals surface area contributed by atoms with E-state index in [1.54, 1.807) is 0 Å². The smallest absolute Gasteiger partial charge is 0.0716 e. The van der Waals surface area contributed by atoms with Crippen LogP contribution < -0.4 is 0 Å². The predicted molar refractivity (Wildman–Crippen MR) is 128 cm³/mol. The number of benzene rings is 4. The van der Waals surface area contributed by atoms with E-state index in [-0.39, 0.29) is 0 Å². The highest BCUT2D eigenvalue weighted by molar-refractivity contribution is 5.99. The zero-order chi connectivity index (χ0) is 20.5. The summed E-state index contributed by atoms with van der Waals surface area (Å²) in [5.74, 6) is 0. The van der Waals surface area contributed by atoms with Crippen LogP contribution in [0.3, 0.4) is 0 Å². The SMILES string of the molecule is Cc1cc(C)cc(-c2cc(-c3ccccc3)c3cc(-c4ccccc4)ccc3n2)c1. The molecule has 0 saturated carbocycles. The Morgan fingerprint density at radius 1 is 0.500 bits per heavy atom. The summed E-state index contributed by atoms with van der Waals surface area (Å²) >= 11 is 0. The van der Waals surface area contributed by atoms with Gasteiger partial charge in [0, 0.05) is 10.9 Å². The maximum Gasteiger partial charge on any atom is 0.0716 e. The molecule has 0 spiro atoms. The molecule has 0 N–H and O–H groups in total. The van der Waals surface area contributed by atoms with Gasteiger partial charge in [0.25, 0.3) is 0 Å². The van der Waals surface area contributed by atoms with Crippen molar-refractivity contribution in [3.63, 3.8) is 0 Å².